The van der Waals surface area contributed by atoms with Crippen LogP contribution in [0.5, 0.6) is 0 Å². The molecule has 0 aliphatic carbocycles. The van der Waals surface area contributed by atoms with E-state index in [1.807, 2.05) is 6.07 Å². The molecule has 1 heterocycles. The monoisotopic (exact) mass is 295 g/mol. The van der Waals surface area contributed by atoms with Crippen molar-refractivity contribution in [3.05, 3.63) is 35.4 Å². The molecule has 0 aromatic heterocycles. The Morgan fingerprint density at radius 3 is 3.15 bits per heavy atom. The standard InChI is InChI=1S/C15H21NO3S/c1-12-3-2-4-13(7-12)10-20-11-15(18)16-5-6-19-9-14(16)8-17/h2-4,7,14,17H,5-6,8-11H2,1H3. The number of rotatable bonds is 5. The highest BCUT2D eigenvalue weighted by molar-refractivity contribution is 7.99. The van der Waals surface area contributed by atoms with E-state index in [9.17, 15) is 9.90 Å². The van der Waals surface area contributed by atoms with Crippen molar-refractivity contribution in [2.45, 2.75) is 18.7 Å². The van der Waals surface area contributed by atoms with E-state index in [1.165, 1.54) is 11.1 Å². The second-order valence-corrected chi connectivity index (χ2v) is 5.97. The molecule has 1 amide bonds. The van der Waals surface area contributed by atoms with Crippen LogP contribution in [0, 0.1) is 6.92 Å². The molecule has 0 radical (unpaired) electrons. The average Bonchev–Trinajstić information content (AvgIpc) is 2.47. The molecule has 1 N–H and O–H groups in total. The number of hydrogen-bond donors (Lipinski definition) is 1. The highest BCUT2D eigenvalue weighted by Crippen LogP contribution is 2.15. The van der Waals surface area contributed by atoms with E-state index in [1.54, 1.807) is 16.7 Å². The lowest BCUT2D eigenvalue weighted by atomic mass is 10.2. The third kappa shape index (κ3) is 4.23. The molecule has 4 nitrogen and oxygen atoms in total. The fourth-order valence-electron chi connectivity index (χ4n) is 2.28. The van der Waals surface area contributed by atoms with Crippen molar-refractivity contribution in [2.75, 3.05) is 32.1 Å². The molecule has 0 spiro atoms. The van der Waals surface area contributed by atoms with Gasteiger partial charge in [0.1, 0.15) is 0 Å². The Hall–Kier alpha value is -1.04. The molecule has 1 aliphatic rings. The number of hydrogen-bond acceptors (Lipinski definition) is 4. The van der Waals surface area contributed by atoms with Crippen LogP contribution >= 0.6 is 11.8 Å². The van der Waals surface area contributed by atoms with E-state index < -0.39 is 0 Å². The zero-order chi connectivity index (χ0) is 14.4. The molecule has 1 aromatic rings. The first kappa shape index (κ1) is 15.4. The quantitative estimate of drug-likeness (QED) is 0.893. The molecule has 5 heteroatoms. The molecule has 0 saturated carbocycles. The largest absolute Gasteiger partial charge is 0.394 e. The Kier molecular flexibility index (Phi) is 5.88. The van der Waals surface area contributed by atoms with Gasteiger partial charge in [0.25, 0.3) is 0 Å². The molecular formula is C15H21NO3S. The number of thioether (sulfide) groups is 1. The maximum absolute atomic E-state index is 12.2. The summed E-state index contributed by atoms with van der Waals surface area (Å²) in [6, 6.07) is 8.14. The van der Waals surface area contributed by atoms with E-state index in [-0.39, 0.29) is 18.6 Å². The van der Waals surface area contributed by atoms with E-state index in [2.05, 4.69) is 25.1 Å². The second kappa shape index (κ2) is 7.67. The van der Waals surface area contributed by atoms with Gasteiger partial charge in [0.2, 0.25) is 5.91 Å². The van der Waals surface area contributed by atoms with Gasteiger partial charge in [0, 0.05) is 12.3 Å². The number of nitrogens with zero attached hydrogens (tertiary/aromatic N) is 1. The van der Waals surface area contributed by atoms with Crippen LogP contribution in [0.2, 0.25) is 0 Å². The normalized spacial score (nSPS) is 19.1. The zero-order valence-corrected chi connectivity index (χ0v) is 12.6. The van der Waals surface area contributed by atoms with Crippen LogP contribution in [0.1, 0.15) is 11.1 Å². The Bertz CT molecular complexity index is 452. The lowest BCUT2D eigenvalue weighted by molar-refractivity contribution is -0.138. The van der Waals surface area contributed by atoms with Gasteiger partial charge in [0.15, 0.2) is 0 Å². The van der Waals surface area contributed by atoms with Crippen molar-refractivity contribution < 1.29 is 14.6 Å². The minimum Gasteiger partial charge on any atom is -0.394 e. The summed E-state index contributed by atoms with van der Waals surface area (Å²) in [6.45, 7) is 3.61. The van der Waals surface area contributed by atoms with Crippen LogP contribution in [0.25, 0.3) is 0 Å². The average molecular weight is 295 g/mol. The van der Waals surface area contributed by atoms with Crippen LogP contribution < -0.4 is 0 Å². The molecule has 1 aromatic carbocycles. The van der Waals surface area contributed by atoms with Gasteiger partial charge in [-0.2, -0.15) is 0 Å². The Morgan fingerprint density at radius 1 is 1.55 bits per heavy atom. The number of aliphatic hydroxyl groups excluding tert-OH is 1. The molecule has 1 atom stereocenters. The SMILES string of the molecule is Cc1cccc(CSCC(=O)N2CCOCC2CO)c1. The van der Waals surface area contributed by atoms with Gasteiger partial charge in [-0.05, 0) is 12.5 Å². The van der Waals surface area contributed by atoms with Crippen molar-refractivity contribution in [1.82, 2.24) is 4.90 Å². The number of benzene rings is 1. The number of amides is 1. The highest BCUT2D eigenvalue weighted by Gasteiger charge is 2.26. The Balaban J connectivity index is 1.79. The number of aryl methyl sites for hydroxylation is 1. The van der Waals surface area contributed by atoms with Crippen LogP contribution in [-0.4, -0.2) is 54.1 Å². The van der Waals surface area contributed by atoms with Crippen LogP contribution in [-0.2, 0) is 15.3 Å². The summed E-state index contributed by atoms with van der Waals surface area (Å²) in [5, 5.41) is 9.26. The third-order valence-electron chi connectivity index (χ3n) is 3.34. The minimum atomic E-state index is -0.184. The summed E-state index contributed by atoms with van der Waals surface area (Å²) in [7, 11) is 0. The number of carbonyl (C=O) groups excluding carboxylic acids is 1. The minimum absolute atomic E-state index is 0.0334. The summed E-state index contributed by atoms with van der Waals surface area (Å²) in [5.74, 6) is 1.37. The number of ether oxygens (including phenoxy) is 1. The fraction of sp³-hybridized carbons (Fsp3) is 0.533. The molecule has 20 heavy (non-hydrogen) atoms. The highest BCUT2D eigenvalue weighted by atomic mass is 32.2. The third-order valence-corrected chi connectivity index (χ3v) is 4.32. The number of aliphatic hydroxyl groups is 1. The molecule has 2 rings (SSSR count). The maximum Gasteiger partial charge on any atom is 0.233 e. The molecule has 0 bridgehead atoms. The van der Waals surface area contributed by atoms with Gasteiger partial charge < -0.3 is 14.7 Å². The summed E-state index contributed by atoms with van der Waals surface area (Å²) in [4.78, 5) is 13.9. The second-order valence-electron chi connectivity index (χ2n) is 4.98. The van der Waals surface area contributed by atoms with Gasteiger partial charge in [-0.3, -0.25) is 4.79 Å². The molecule has 1 unspecified atom stereocenters. The topological polar surface area (TPSA) is 49.8 Å². The Morgan fingerprint density at radius 2 is 2.40 bits per heavy atom. The predicted molar refractivity (Wildman–Crippen MR) is 80.7 cm³/mol. The van der Waals surface area contributed by atoms with Crippen molar-refractivity contribution >= 4 is 17.7 Å². The van der Waals surface area contributed by atoms with Crippen molar-refractivity contribution in [2.24, 2.45) is 0 Å². The first-order chi connectivity index (χ1) is 9.70. The van der Waals surface area contributed by atoms with Gasteiger partial charge in [-0.15, -0.1) is 11.8 Å². The van der Waals surface area contributed by atoms with Crippen molar-refractivity contribution in [1.29, 1.82) is 0 Å². The summed E-state index contributed by atoms with van der Waals surface area (Å²) in [5.41, 5.74) is 2.48. The smallest absolute Gasteiger partial charge is 0.233 e. The predicted octanol–water partition coefficient (Wildman–Crippen LogP) is 1.45. The van der Waals surface area contributed by atoms with Crippen LogP contribution in [0.15, 0.2) is 24.3 Å². The van der Waals surface area contributed by atoms with Crippen molar-refractivity contribution in [3.63, 3.8) is 0 Å². The summed E-state index contributed by atoms with van der Waals surface area (Å²) in [6.07, 6.45) is 0. The first-order valence-electron chi connectivity index (χ1n) is 6.82. The van der Waals surface area contributed by atoms with E-state index in [0.717, 1.165) is 5.75 Å². The fourth-order valence-corrected chi connectivity index (χ4v) is 3.13. The first-order valence-corrected chi connectivity index (χ1v) is 7.97. The van der Waals surface area contributed by atoms with E-state index in [0.29, 0.717) is 25.5 Å². The van der Waals surface area contributed by atoms with Crippen molar-refractivity contribution in [3.8, 4) is 0 Å². The molecule has 1 saturated heterocycles. The van der Waals surface area contributed by atoms with Gasteiger partial charge in [0.05, 0.1) is 31.6 Å². The lowest BCUT2D eigenvalue weighted by Gasteiger charge is -2.34. The van der Waals surface area contributed by atoms with Crippen LogP contribution in [0.4, 0.5) is 0 Å². The number of morpholine rings is 1. The van der Waals surface area contributed by atoms with Crippen LogP contribution in [0.3, 0.4) is 0 Å². The van der Waals surface area contributed by atoms with Gasteiger partial charge >= 0.3 is 0 Å². The molecular weight excluding hydrogens is 274 g/mol. The maximum atomic E-state index is 12.2. The van der Waals surface area contributed by atoms with Gasteiger partial charge in [-0.1, -0.05) is 29.8 Å². The number of carbonyl (C=O) groups is 1. The molecule has 1 aliphatic heterocycles. The Labute approximate surface area is 124 Å². The zero-order valence-electron chi connectivity index (χ0n) is 11.7. The van der Waals surface area contributed by atoms with E-state index in [4.69, 9.17) is 4.74 Å². The van der Waals surface area contributed by atoms with Gasteiger partial charge in [-0.25, -0.2) is 0 Å². The molecule has 110 valence electrons. The lowest BCUT2D eigenvalue weighted by Crippen LogP contribution is -2.51. The van der Waals surface area contributed by atoms with E-state index >= 15 is 0 Å². The summed E-state index contributed by atoms with van der Waals surface area (Å²) < 4.78 is 5.28. The molecule has 1 fully saturated rings. The summed E-state index contributed by atoms with van der Waals surface area (Å²) >= 11 is 1.62.